The Bertz CT molecular complexity index is 1120. The van der Waals surface area contributed by atoms with Crippen molar-refractivity contribution in [3.05, 3.63) is 75.1 Å². The molecule has 0 radical (unpaired) electrons. The first kappa shape index (κ1) is 20.5. The van der Waals surface area contributed by atoms with Crippen LogP contribution in [0.2, 0.25) is 0 Å². The number of rotatable bonds is 7. The highest BCUT2D eigenvalue weighted by molar-refractivity contribution is 5.91. The van der Waals surface area contributed by atoms with Crippen molar-refractivity contribution < 1.29 is 19.2 Å². The number of methoxy groups -OCH3 is 2. The molecule has 0 saturated heterocycles. The van der Waals surface area contributed by atoms with E-state index in [9.17, 15) is 19.7 Å². The summed E-state index contributed by atoms with van der Waals surface area (Å²) in [7, 11) is 2.99. The lowest BCUT2D eigenvalue weighted by molar-refractivity contribution is -0.384. The van der Waals surface area contributed by atoms with Crippen LogP contribution in [-0.2, 0) is 11.3 Å². The Morgan fingerprint density at radius 1 is 1.07 bits per heavy atom. The Morgan fingerprint density at radius 2 is 1.70 bits per heavy atom. The summed E-state index contributed by atoms with van der Waals surface area (Å²) in [6, 6.07) is 13.4. The first-order chi connectivity index (χ1) is 14.4. The first-order valence-corrected chi connectivity index (χ1v) is 8.75. The second-order valence-corrected chi connectivity index (χ2v) is 6.17. The number of carbonyl (C=O) groups is 1. The predicted octanol–water partition coefficient (Wildman–Crippen LogP) is 2.47. The molecule has 1 amide bonds. The molecule has 3 rings (SSSR count). The summed E-state index contributed by atoms with van der Waals surface area (Å²) >= 11 is 0. The molecule has 1 aromatic heterocycles. The first-order valence-electron chi connectivity index (χ1n) is 8.75. The molecule has 1 heterocycles. The molecule has 0 aliphatic rings. The third-order valence-corrected chi connectivity index (χ3v) is 4.17. The average Bonchev–Trinajstić information content (AvgIpc) is 2.75. The van der Waals surface area contributed by atoms with Gasteiger partial charge in [0.1, 0.15) is 18.0 Å². The minimum Gasteiger partial charge on any atom is -0.497 e. The summed E-state index contributed by atoms with van der Waals surface area (Å²) in [5.41, 5.74) is 0.905. The molecule has 0 spiro atoms. The number of nitrogens with zero attached hydrogens (tertiary/aromatic N) is 3. The Kier molecular flexibility index (Phi) is 6.06. The summed E-state index contributed by atoms with van der Waals surface area (Å²) in [6.45, 7) is -0.320. The van der Waals surface area contributed by atoms with Gasteiger partial charge in [-0.15, -0.1) is 0 Å². The van der Waals surface area contributed by atoms with Crippen molar-refractivity contribution >= 4 is 17.3 Å². The molecule has 2 aromatic carbocycles. The van der Waals surface area contributed by atoms with Gasteiger partial charge in [0, 0.05) is 47.6 Å². The fraction of sp³-hybridized carbons (Fsp3) is 0.150. The fourth-order valence-electron chi connectivity index (χ4n) is 2.69. The van der Waals surface area contributed by atoms with Crippen LogP contribution < -0.4 is 20.3 Å². The van der Waals surface area contributed by atoms with E-state index in [1.54, 1.807) is 18.2 Å². The lowest BCUT2D eigenvalue weighted by Crippen LogP contribution is -2.29. The smallest absolute Gasteiger partial charge is 0.269 e. The second kappa shape index (κ2) is 8.86. The van der Waals surface area contributed by atoms with Crippen LogP contribution in [0.5, 0.6) is 11.5 Å². The number of non-ortho nitro benzene ring substituents is 1. The maximum Gasteiger partial charge on any atom is 0.269 e. The van der Waals surface area contributed by atoms with Gasteiger partial charge < -0.3 is 14.8 Å². The van der Waals surface area contributed by atoms with Crippen molar-refractivity contribution in [1.29, 1.82) is 0 Å². The van der Waals surface area contributed by atoms with Crippen molar-refractivity contribution in [3.63, 3.8) is 0 Å². The van der Waals surface area contributed by atoms with E-state index in [0.717, 1.165) is 4.68 Å². The van der Waals surface area contributed by atoms with E-state index in [0.29, 0.717) is 28.4 Å². The van der Waals surface area contributed by atoms with Crippen molar-refractivity contribution in [1.82, 2.24) is 9.78 Å². The normalized spacial score (nSPS) is 10.3. The topological polar surface area (TPSA) is 126 Å². The zero-order valence-corrected chi connectivity index (χ0v) is 16.2. The summed E-state index contributed by atoms with van der Waals surface area (Å²) in [4.78, 5) is 34.8. The summed E-state index contributed by atoms with van der Waals surface area (Å²) in [5.74, 6) is 0.529. The Labute approximate surface area is 170 Å². The maximum atomic E-state index is 12.4. The number of anilines is 1. The SMILES string of the molecule is COc1cc(NC(=O)Cn2nc(-c3ccc([N+](=O)[O-])cc3)ccc2=O)cc(OC)c1. The Balaban J connectivity index is 1.79. The standard InChI is InChI=1S/C20H18N4O6/c1-29-16-9-14(10-17(11-16)30-2)21-19(25)12-23-20(26)8-7-18(22-23)13-3-5-15(6-4-13)24(27)28/h3-11H,12H2,1-2H3,(H,21,25). The zero-order valence-electron chi connectivity index (χ0n) is 16.2. The molecule has 154 valence electrons. The van der Waals surface area contributed by atoms with Crippen molar-refractivity contribution in [2.45, 2.75) is 6.54 Å². The lowest BCUT2D eigenvalue weighted by Gasteiger charge is -2.11. The number of nitro groups is 1. The van der Waals surface area contributed by atoms with E-state index in [1.165, 1.54) is 50.6 Å². The minimum atomic E-state index is -0.504. The van der Waals surface area contributed by atoms with E-state index in [-0.39, 0.29) is 12.2 Å². The number of benzene rings is 2. The van der Waals surface area contributed by atoms with Gasteiger partial charge in [-0.05, 0) is 18.2 Å². The molecule has 0 unspecified atom stereocenters. The van der Waals surface area contributed by atoms with Gasteiger partial charge >= 0.3 is 0 Å². The fourth-order valence-corrected chi connectivity index (χ4v) is 2.69. The highest BCUT2D eigenvalue weighted by Gasteiger charge is 2.11. The molecule has 1 N–H and O–H groups in total. The lowest BCUT2D eigenvalue weighted by atomic mass is 10.1. The molecule has 0 atom stereocenters. The summed E-state index contributed by atoms with van der Waals surface area (Å²) in [5, 5.41) is 17.6. The van der Waals surface area contributed by atoms with Gasteiger partial charge in [0.2, 0.25) is 5.91 Å². The minimum absolute atomic E-state index is 0.0554. The number of nitrogens with one attached hydrogen (secondary N) is 1. The molecule has 0 bridgehead atoms. The van der Waals surface area contributed by atoms with Gasteiger partial charge in [-0.2, -0.15) is 5.10 Å². The van der Waals surface area contributed by atoms with Crippen LogP contribution in [0.4, 0.5) is 11.4 Å². The zero-order chi connectivity index (χ0) is 21.7. The number of carbonyl (C=O) groups excluding carboxylic acids is 1. The third-order valence-electron chi connectivity index (χ3n) is 4.17. The van der Waals surface area contributed by atoms with Crippen molar-refractivity contribution in [3.8, 4) is 22.8 Å². The van der Waals surface area contributed by atoms with Crippen molar-refractivity contribution in [2.75, 3.05) is 19.5 Å². The van der Waals surface area contributed by atoms with Crippen LogP contribution in [0.15, 0.2) is 59.4 Å². The van der Waals surface area contributed by atoms with Gasteiger partial charge in [-0.3, -0.25) is 19.7 Å². The van der Waals surface area contributed by atoms with Gasteiger partial charge in [0.15, 0.2) is 0 Å². The molecular weight excluding hydrogens is 392 g/mol. The quantitative estimate of drug-likeness (QED) is 0.468. The van der Waals surface area contributed by atoms with Gasteiger partial charge in [-0.25, -0.2) is 4.68 Å². The van der Waals surface area contributed by atoms with E-state index in [4.69, 9.17) is 9.47 Å². The number of hydrogen-bond acceptors (Lipinski definition) is 7. The highest BCUT2D eigenvalue weighted by Crippen LogP contribution is 2.25. The molecule has 0 aliphatic heterocycles. The number of nitro benzene ring substituents is 1. The number of hydrogen-bond donors (Lipinski definition) is 1. The Morgan fingerprint density at radius 3 is 2.27 bits per heavy atom. The second-order valence-electron chi connectivity index (χ2n) is 6.17. The van der Waals surface area contributed by atoms with Gasteiger partial charge in [0.25, 0.3) is 11.2 Å². The van der Waals surface area contributed by atoms with Crippen LogP contribution >= 0.6 is 0 Å². The van der Waals surface area contributed by atoms with Gasteiger partial charge in [-0.1, -0.05) is 0 Å². The maximum absolute atomic E-state index is 12.4. The molecule has 0 aliphatic carbocycles. The Hall–Kier alpha value is -4.21. The van der Waals surface area contributed by atoms with Crippen LogP contribution in [0, 0.1) is 10.1 Å². The largest absolute Gasteiger partial charge is 0.497 e. The van der Waals surface area contributed by atoms with Gasteiger partial charge in [0.05, 0.1) is 24.8 Å². The molecule has 30 heavy (non-hydrogen) atoms. The summed E-state index contributed by atoms with van der Waals surface area (Å²) in [6.07, 6.45) is 0. The molecular formula is C20H18N4O6. The monoisotopic (exact) mass is 410 g/mol. The molecule has 10 nitrogen and oxygen atoms in total. The number of ether oxygens (including phenoxy) is 2. The third kappa shape index (κ3) is 4.79. The highest BCUT2D eigenvalue weighted by atomic mass is 16.6. The van der Waals surface area contributed by atoms with E-state index < -0.39 is 16.4 Å². The molecule has 0 fully saturated rings. The molecule has 3 aromatic rings. The predicted molar refractivity (Wildman–Crippen MR) is 109 cm³/mol. The van der Waals surface area contributed by atoms with E-state index in [1.807, 2.05) is 0 Å². The van der Waals surface area contributed by atoms with E-state index >= 15 is 0 Å². The molecule has 0 saturated carbocycles. The van der Waals surface area contributed by atoms with Crippen LogP contribution in [0.3, 0.4) is 0 Å². The van der Waals surface area contributed by atoms with Crippen LogP contribution in [-0.4, -0.2) is 34.8 Å². The molecule has 10 heteroatoms. The van der Waals surface area contributed by atoms with Crippen LogP contribution in [0.1, 0.15) is 0 Å². The average molecular weight is 410 g/mol. The van der Waals surface area contributed by atoms with Crippen LogP contribution in [0.25, 0.3) is 11.3 Å². The number of amides is 1. The van der Waals surface area contributed by atoms with E-state index in [2.05, 4.69) is 10.4 Å². The van der Waals surface area contributed by atoms with Crippen molar-refractivity contribution in [2.24, 2.45) is 0 Å². The number of aromatic nitrogens is 2. The summed E-state index contributed by atoms with van der Waals surface area (Å²) < 4.78 is 11.3.